The fraction of sp³-hybridized carbons (Fsp3) is 0.607. The number of rotatable bonds is 14. The molecule has 0 saturated heterocycles. The molecule has 38 heavy (non-hydrogen) atoms. The number of nitrogens with one attached hydrogen (secondary N) is 1. The number of benzene rings is 1. The van der Waals surface area contributed by atoms with Gasteiger partial charge in [0, 0.05) is 42.8 Å². The molecule has 0 radical (unpaired) electrons. The standard InChI is InChI=1S/C28H40N2O8/c1-5-6-8-23(33)30(10-7-12-37-17(2)3)21-15-20(28(35)29-9-11-31)24-19-13-18(16-32)14-22(36-4)26(19)38-27(24)25(21)34/h13-17,21,24-25,27,31,34H,5-12H2,1-4H3,(H,29,35). The molecule has 0 bridgehead atoms. The number of unbranched alkanes of at least 4 members (excludes halogenated alkanes) is 1. The van der Waals surface area contributed by atoms with Crippen LogP contribution < -0.4 is 14.8 Å². The Morgan fingerprint density at radius 3 is 2.66 bits per heavy atom. The molecule has 1 heterocycles. The van der Waals surface area contributed by atoms with Crippen molar-refractivity contribution in [1.29, 1.82) is 0 Å². The summed E-state index contributed by atoms with van der Waals surface area (Å²) in [5.41, 5.74) is 1.20. The molecule has 210 valence electrons. The van der Waals surface area contributed by atoms with E-state index in [1.807, 2.05) is 20.8 Å². The highest BCUT2D eigenvalue weighted by Crippen LogP contribution is 2.51. The molecule has 10 nitrogen and oxygen atoms in total. The van der Waals surface area contributed by atoms with Crippen LogP contribution in [0.5, 0.6) is 11.5 Å². The lowest BCUT2D eigenvalue weighted by atomic mass is 9.77. The van der Waals surface area contributed by atoms with Crippen LogP contribution >= 0.6 is 0 Å². The molecule has 2 amide bonds. The predicted molar refractivity (Wildman–Crippen MR) is 140 cm³/mol. The Labute approximate surface area is 223 Å². The number of methoxy groups -OCH3 is 1. The van der Waals surface area contributed by atoms with Gasteiger partial charge in [0.25, 0.3) is 0 Å². The van der Waals surface area contributed by atoms with Crippen LogP contribution in [0.25, 0.3) is 0 Å². The zero-order valence-corrected chi connectivity index (χ0v) is 22.6. The van der Waals surface area contributed by atoms with E-state index >= 15 is 0 Å². The molecule has 0 saturated carbocycles. The highest BCUT2D eigenvalue weighted by atomic mass is 16.5. The first kappa shape index (κ1) is 29.6. The average Bonchev–Trinajstić information content (AvgIpc) is 3.30. The van der Waals surface area contributed by atoms with Gasteiger partial charge in [-0.3, -0.25) is 14.4 Å². The van der Waals surface area contributed by atoms with Crippen LogP contribution in [0.1, 0.15) is 68.3 Å². The van der Waals surface area contributed by atoms with E-state index in [0.717, 1.165) is 6.42 Å². The lowest BCUT2D eigenvalue weighted by molar-refractivity contribution is -0.137. The molecule has 0 fully saturated rings. The number of aliphatic hydroxyl groups is 2. The SMILES string of the molecule is CCCCC(=O)N(CCCOC(C)C)C1C=C(C(=O)NCCO)C2c3cc(C=O)cc(OC)c3OC2C1O. The van der Waals surface area contributed by atoms with Gasteiger partial charge >= 0.3 is 0 Å². The highest BCUT2D eigenvalue weighted by Gasteiger charge is 2.51. The first-order valence-corrected chi connectivity index (χ1v) is 13.3. The van der Waals surface area contributed by atoms with E-state index in [2.05, 4.69) is 5.32 Å². The van der Waals surface area contributed by atoms with Crippen LogP contribution in [-0.2, 0) is 14.3 Å². The molecular formula is C28H40N2O8. The number of carbonyl (C=O) groups is 3. The van der Waals surface area contributed by atoms with E-state index in [4.69, 9.17) is 14.2 Å². The Morgan fingerprint density at radius 2 is 2.03 bits per heavy atom. The number of aliphatic hydroxyl groups excluding tert-OH is 2. The minimum absolute atomic E-state index is 0.0396. The minimum Gasteiger partial charge on any atom is -0.493 e. The van der Waals surface area contributed by atoms with E-state index in [9.17, 15) is 24.6 Å². The largest absolute Gasteiger partial charge is 0.493 e. The van der Waals surface area contributed by atoms with Gasteiger partial charge in [0.2, 0.25) is 11.8 Å². The van der Waals surface area contributed by atoms with Gasteiger partial charge in [-0.1, -0.05) is 13.3 Å². The smallest absolute Gasteiger partial charge is 0.247 e. The number of carbonyl (C=O) groups excluding carboxylic acids is 3. The summed E-state index contributed by atoms with van der Waals surface area (Å²) in [7, 11) is 1.45. The second kappa shape index (κ2) is 13.7. The number of hydrogen-bond donors (Lipinski definition) is 3. The van der Waals surface area contributed by atoms with Gasteiger partial charge in [0.05, 0.1) is 31.8 Å². The Hall–Kier alpha value is -2.95. The van der Waals surface area contributed by atoms with Gasteiger partial charge in [0.15, 0.2) is 11.5 Å². The summed E-state index contributed by atoms with van der Waals surface area (Å²) in [6, 6.07) is 2.35. The van der Waals surface area contributed by atoms with Gasteiger partial charge in [-0.25, -0.2) is 0 Å². The number of amides is 2. The molecular weight excluding hydrogens is 492 g/mol. The number of fused-ring (bicyclic) bond motifs is 3. The Balaban J connectivity index is 2.04. The maximum Gasteiger partial charge on any atom is 0.247 e. The second-order valence-corrected chi connectivity index (χ2v) is 9.87. The molecule has 3 rings (SSSR count). The molecule has 0 aromatic heterocycles. The lowest BCUT2D eigenvalue weighted by Crippen LogP contribution is -2.56. The van der Waals surface area contributed by atoms with Gasteiger partial charge < -0.3 is 34.6 Å². The van der Waals surface area contributed by atoms with Crippen LogP contribution in [0.2, 0.25) is 0 Å². The Morgan fingerprint density at radius 1 is 1.26 bits per heavy atom. The van der Waals surface area contributed by atoms with Crippen molar-refractivity contribution in [3.63, 3.8) is 0 Å². The molecule has 4 unspecified atom stereocenters. The van der Waals surface area contributed by atoms with Crippen molar-refractivity contribution in [1.82, 2.24) is 10.2 Å². The van der Waals surface area contributed by atoms with Crippen LogP contribution in [0.3, 0.4) is 0 Å². The second-order valence-electron chi connectivity index (χ2n) is 9.87. The topological polar surface area (TPSA) is 135 Å². The summed E-state index contributed by atoms with van der Waals surface area (Å²) in [5.74, 6) is -0.591. The van der Waals surface area contributed by atoms with Crippen LogP contribution in [0.15, 0.2) is 23.8 Å². The van der Waals surface area contributed by atoms with Crippen molar-refractivity contribution >= 4 is 18.1 Å². The molecule has 10 heteroatoms. The zero-order chi connectivity index (χ0) is 27.8. The normalized spacial score (nSPS) is 21.7. The third-order valence-corrected chi connectivity index (χ3v) is 6.83. The molecule has 1 aliphatic carbocycles. The number of nitrogens with zero attached hydrogens (tertiary/aromatic N) is 1. The molecule has 1 aromatic carbocycles. The summed E-state index contributed by atoms with van der Waals surface area (Å²) in [6.07, 6.45) is 2.75. The third-order valence-electron chi connectivity index (χ3n) is 6.83. The first-order valence-electron chi connectivity index (χ1n) is 13.3. The number of ether oxygens (including phenoxy) is 3. The van der Waals surface area contributed by atoms with E-state index in [1.54, 1.807) is 17.0 Å². The number of hydrogen-bond acceptors (Lipinski definition) is 8. The van der Waals surface area contributed by atoms with E-state index < -0.39 is 30.1 Å². The third kappa shape index (κ3) is 6.54. The molecule has 2 aliphatic rings. The average molecular weight is 533 g/mol. The molecule has 4 atom stereocenters. The van der Waals surface area contributed by atoms with Crippen LogP contribution in [0, 0.1) is 0 Å². The zero-order valence-electron chi connectivity index (χ0n) is 22.6. The summed E-state index contributed by atoms with van der Waals surface area (Å²) < 4.78 is 17.3. The monoisotopic (exact) mass is 532 g/mol. The van der Waals surface area contributed by atoms with Crippen molar-refractivity contribution in [2.24, 2.45) is 0 Å². The quantitative estimate of drug-likeness (QED) is 0.245. The van der Waals surface area contributed by atoms with Crippen molar-refractivity contribution in [2.45, 2.75) is 76.7 Å². The summed E-state index contributed by atoms with van der Waals surface area (Å²) >= 11 is 0. The maximum atomic E-state index is 13.3. The first-order chi connectivity index (χ1) is 18.3. The molecule has 0 spiro atoms. The van der Waals surface area contributed by atoms with Gasteiger partial charge in [-0.15, -0.1) is 0 Å². The Kier molecular flexibility index (Phi) is 10.7. The summed E-state index contributed by atoms with van der Waals surface area (Å²) in [5, 5.41) is 23.5. The maximum absolute atomic E-state index is 13.3. The van der Waals surface area contributed by atoms with Gasteiger partial charge in [-0.05, 0) is 44.9 Å². The van der Waals surface area contributed by atoms with Crippen molar-refractivity contribution < 1.29 is 38.8 Å². The van der Waals surface area contributed by atoms with Crippen molar-refractivity contribution in [3.8, 4) is 11.5 Å². The summed E-state index contributed by atoms with van der Waals surface area (Å²) in [4.78, 5) is 39.9. The molecule has 3 N–H and O–H groups in total. The Bertz CT molecular complexity index is 1020. The van der Waals surface area contributed by atoms with E-state index in [0.29, 0.717) is 66.9 Å². The fourth-order valence-corrected chi connectivity index (χ4v) is 5.02. The predicted octanol–water partition coefficient (Wildman–Crippen LogP) is 1.96. The van der Waals surface area contributed by atoms with Crippen molar-refractivity contribution in [2.75, 3.05) is 33.4 Å². The molecule has 1 aliphatic heterocycles. The number of aldehydes is 1. The lowest BCUT2D eigenvalue weighted by Gasteiger charge is -2.41. The fourth-order valence-electron chi connectivity index (χ4n) is 5.02. The van der Waals surface area contributed by atoms with Gasteiger partial charge in [0.1, 0.15) is 18.5 Å². The summed E-state index contributed by atoms with van der Waals surface area (Å²) in [6.45, 7) is 6.46. The molecule has 1 aromatic rings. The highest BCUT2D eigenvalue weighted by molar-refractivity contribution is 5.96. The van der Waals surface area contributed by atoms with E-state index in [-0.39, 0.29) is 25.2 Å². The minimum atomic E-state index is -1.15. The van der Waals surface area contributed by atoms with Gasteiger partial charge in [-0.2, -0.15) is 0 Å². The van der Waals surface area contributed by atoms with Crippen molar-refractivity contribution in [3.05, 3.63) is 34.9 Å². The van der Waals surface area contributed by atoms with E-state index in [1.165, 1.54) is 13.2 Å². The van der Waals surface area contributed by atoms with Crippen LogP contribution in [0.4, 0.5) is 0 Å². The van der Waals surface area contributed by atoms with Crippen LogP contribution in [-0.4, -0.2) is 91.0 Å².